The largest absolute Gasteiger partial charge is 0.411 e. The zero-order chi connectivity index (χ0) is 10.9. The molecule has 0 heterocycles. The Labute approximate surface area is 89.0 Å². The molecule has 0 aliphatic heterocycles. The van der Waals surface area contributed by atoms with Crippen LogP contribution in [0.25, 0.3) is 0 Å². The molecule has 1 atom stereocenters. The minimum Gasteiger partial charge on any atom is -0.411 e. The molecule has 0 fully saturated rings. The first-order valence-electron chi connectivity index (χ1n) is 5.40. The monoisotopic (exact) mass is 210 g/mol. The average molecular weight is 210 g/mol. The van der Waals surface area contributed by atoms with Crippen molar-refractivity contribution in [2.24, 2.45) is 0 Å². The van der Waals surface area contributed by atoms with Gasteiger partial charge in [-0.2, -0.15) is 0 Å². The van der Waals surface area contributed by atoms with E-state index in [0.717, 1.165) is 12.8 Å². The Morgan fingerprint density at radius 3 is 2.36 bits per heavy atom. The van der Waals surface area contributed by atoms with Crippen molar-refractivity contribution in [2.75, 3.05) is 0 Å². The summed E-state index contributed by atoms with van der Waals surface area (Å²) in [5.41, 5.74) is 4.14. The quantitative estimate of drug-likeness (QED) is 0.642. The lowest BCUT2D eigenvalue weighted by atomic mass is 10.1. The lowest BCUT2D eigenvalue weighted by Gasteiger charge is -2.24. The third kappa shape index (κ3) is 2.58. The van der Waals surface area contributed by atoms with Gasteiger partial charge in [-0.05, 0) is 49.7 Å². The molecule has 1 unspecified atom stereocenters. The molecule has 14 heavy (non-hydrogen) atoms. The SMILES string of the molecule is C=C1CC(O[Si](C)(C)C)C(C)=C1CC. The molecule has 0 bridgehead atoms. The van der Waals surface area contributed by atoms with Gasteiger partial charge in [0, 0.05) is 6.42 Å². The van der Waals surface area contributed by atoms with E-state index >= 15 is 0 Å². The Bertz CT molecular complexity index is 271. The summed E-state index contributed by atoms with van der Waals surface area (Å²) in [5, 5.41) is 0. The van der Waals surface area contributed by atoms with E-state index in [2.05, 4.69) is 40.1 Å². The zero-order valence-electron chi connectivity index (χ0n) is 10.1. The van der Waals surface area contributed by atoms with Crippen LogP contribution in [0.3, 0.4) is 0 Å². The molecule has 0 saturated carbocycles. The van der Waals surface area contributed by atoms with Crippen LogP contribution >= 0.6 is 0 Å². The molecule has 0 amide bonds. The van der Waals surface area contributed by atoms with Crippen molar-refractivity contribution in [3.05, 3.63) is 23.3 Å². The Morgan fingerprint density at radius 1 is 1.43 bits per heavy atom. The fraction of sp³-hybridized carbons (Fsp3) is 0.667. The molecule has 0 radical (unpaired) electrons. The second-order valence-electron chi connectivity index (χ2n) is 5.04. The number of hydrogen-bond acceptors (Lipinski definition) is 1. The Balaban J connectivity index is 2.77. The maximum absolute atomic E-state index is 6.13. The first kappa shape index (κ1) is 11.7. The third-order valence-corrected chi connectivity index (χ3v) is 3.66. The average Bonchev–Trinajstić information content (AvgIpc) is 2.24. The second kappa shape index (κ2) is 4.03. The molecule has 0 aromatic heterocycles. The molecule has 0 aromatic carbocycles. The molecule has 0 N–H and O–H groups in total. The molecule has 2 heteroatoms. The molecule has 0 spiro atoms. The van der Waals surface area contributed by atoms with Crippen LogP contribution in [0, 0.1) is 0 Å². The van der Waals surface area contributed by atoms with Gasteiger partial charge in [0.1, 0.15) is 0 Å². The van der Waals surface area contributed by atoms with Crippen molar-refractivity contribution in [3.63, 3.8) is 0 Å². The van der Waals surface area contributed by atoms with Gasteiger partial charge in [-0.3, -0.25) is 0 Å². The molecule has 0 saturated heterocycles. The van der Waals surface area contributed by atoms with Crippen molar-refractivity contribution in [1.82, 2.24) is 0 Å². The highest BCUT2D eigenvalue weighted by Crippen LogP contribution is 2.35. The molecular weight excluding hydrogens is 188 g/mol. The van der Waals surface area contributed by atoms with Gasteiger partial charge >= 0.3 is 0 Å². The van der Waals surface area contributed by atoms with Gasteiger partial charge in [0.05, 0.1) is 6.10 Å². The van der Waals surface area contributed by atoms with Crippen LogP contribution in [-0.2, 0) is 4.43 Å². The predicted octanol–water partition coefficient (Wildman–Crippen LogP) is 3.89. The van der Waals surface area contributed by atoms with E-state index in [-0.39, 0.29) is 0 Å². The summed E-state index contributed by atoms with van der Waals surface area (Å²) < 4.78 is 6.13. The van der Waals surface area contributed by atoms with Crippen molar-refractivity contribution in [3.8, 4) is 0 Å². The maximum atomic E-state index is 6.13. The summed E-state index contributed by atoms with van der Waals surface area (Å²) in [7, 11) is -1.41. The summed E-state index contributed by atoms with van der Waals surface area (Å²) in [4.78, 5) is 0. The van der Waals surface area contributed by atoms with Crippen LogP contribution in [0.15, 0.2) is 23.3 Å². The van der Waals surface area contributed by atoms with E-state index in [1.807, 2.05) is 0 Å². The fourth-order valence-corrected chi connectivity index (χ4v) is 3.17. The van der Waals surface area contributed by atoms with Gasteiger partial charge in [-0.1, -0.05) is 13.5 Å². The fourth-order valence-electron chi connectivity index (χ4n) is 2.06. The summed E-state index contributed by atoms with van der Waals surface area (Å²) in [6, 6.07) is 0. The third-order valence-electron chi connectivity index (χ3n) is 2.67. The van der Waals surface area contributed by atoms with E-state index in [1.54, 1.807) is 0 Å². The standard InChI is InChI=1S/C12H22OSi/c1-7-11-9(2)8-12(10(11)3)13-14(4,5)6/h12H,2,7-8H2,1,3-6H3. The van der Waals surface area contributed by atoms with Gasteiger partial charge in [0.25, 0.3) is 0 Å². The van der Waals surface area contributed by atoms with Crippen LogP contribution in [0.5, 0.6) is 0 Å². The van der Waals surface area contributed by atoms with Gasteiger partial charge in [-0.25, -0.2) is 0 Å². The molecule has 80 valence electrons. The molecular formula is C12H22OSi. The Hall–Kier alpha value is -0.343. The van der Waals surface area contributed by atoms with Crippen molar-refractivity contribution in [1.29, 1.82) is 0 Å². The summed E-state index contributed by atoms with van der Waals surface area (Å²) in [6.45, 7) is 15.2. The Morgan fingerprint density at radius 2 is 2.00 bits per heavy atom. The lowest BCUT2D eigenvalue weighted by molar-refractivity contribution is 0.238. The van der Waals surface area contributed by atoms with Gasteiger partial charge in [0.15, 0.2) is 8.32 Å². The van der Waals surface area contributed by atoms with Crippen LogP contribution < -0.4 is 0 Å². The van der Waals surface area contributed by atoms with Gasteiger partial charge in [-0.15, -0.1) is 0 Å². The van der Waals surface area contributed by atoms with E-state index < -0.39 is 8.32 Å². The summed E-state index contributed by atoms with van der Waals surface area (Å²) in [6.07, 6.45) is 2.43. The summed E-state index contributed by atoms with van der Waals surface area (Å²) in [5.74, 6) is 0. The molecule has 0 aromatic rings. The number of hydrogen-bond donors (Lipinski definition) is 0. The first-order valence-corrected chi connectivity index (χ1v) is 8.81. The van der Waals surface area contributed by atoms with E-state index in [4.69, 9.17) is 4.43 Å². The van der Waals surface area contributed by atoms with Crippen LogP contribution in [0.1, 0.15) is 26.7 Å². The van der Waals surface area contributed by atoms with Gasteiger partial charge in [0.2, 0.25) is 0 Å². The molecule has 1 aliphatic carbocycles. The molecule has 1 rings (SSSR count). The van der Waals surface area contributed by atoms with E-state index in [0.29, 0.717) is 6.10 Å². The topological polar surface area (TPSA) is 9.23 Å². The maximum Gasteiger partial charge on any atom is 0.184 e. The normalized spacial score (nSPS) is 23.5. The summed E-state index contributed by atoms with van der Waals surface area (Å²) >= 11 is 0. The highest BCUT2D eigenvalue weighted by Gasteiger charge is 2.29. The minimum absolute atomic E-state index is 0.323. The minimum atomic E-state index is -1.41. The molecule has 1 nitrogen and oxygen atoms in total. The zero-order valence-corrected chi connectivity index (χ0v) is 11.1. The van der Waals surface area contributed by atoms with Crippen LogP contribution in [0.4, 0.5) is 0 Å². The number of rotatable bonds is 3. The van der Waals surface area contributed by atoms with Crippen molar-refractivity contribution < 1.29 is 4.43 Å². The van der Waals surface area contributed by atoms with Crippen LogP contribution in [-0.4, -0.2) is 14.4 Å². The lowest BCUT2D eigenvalue weighted by Crippen LogP contribution is -2.31. The highest BCUT2D eigenvalue weighted by molar-refractivity contribution is 6.69. The van der Waals surface area contributed by atoms with Crippen LogP contribution in [0.2, 0.25) is 19.6 Å². The van der Waals surface area contributed by atoms with Gasteiger partial charge < -0.3 is 4.43 Å². The van der Waals surface area contributed by atoms with Crippen molar-refractivity contribution in [2.45, 2.75) is 52.4 Å². The van der Waals surface area contributed by atoms with Crippen molar-refractivity contribution >= 4 is 8.32 Å². The second-order valence-corrected chi connectivity index (χ2v) is 9.50. The number of allylic oxidation sites excluding steroid dienone is 1. The smallest absolute Gasteiger partial charge is 0.184 e. The first-order chi connectivity index (χ1) is 6.35. The van der Waals surface area contributed by atoms with E-state index in [1.165, 1.54) is 16.7 Å². The molecule has 1 aliphatic rings. The predicted molar refractivity (Wildman–Crippen MR) is 65.0 cm³/mol. The van der Waals surface area contributed by atoms with E-state index in [9.17, 15) is 0 Å². The highest BCUT2D eigenvalue weighted by atomic mass is 28.4. The Kier molecular flexibility index (Phi) is 3.38.